The van der Waals surface area contributed by atoms with E-state index in [0.29, 0.717) is 5.56 Å². The molecular formula is C14H14BrNO2. The van der Waals surface area contributed by atoms with Crippen molar-refractivity contribution in [2.45, 2.75) is 13.0 Å². The monoisotopic (exact) mass is 307 g/mol. The molecule has 18 heavy (non-hydrogen) atoms. The summed E-state index contributed by atoms with van der Waals surface area (Å²) in [7, 11) is 0. The third-order valence-corrected chi connectivity index (χ3v) is 3.43. The van der Waals surface area contributed by atoms with Crippen LogP contribution in [0.1, 0.15) is 17.3 Å². The summed E-state index contributed by atoms with van der Waals surface area (Å²) in [6.07, 6.45) is 0. The van der Waals surface area contributed by atoms with Crippen LogP contribution in [0.15, 0.2) is 40.9 Å². The van der Waals surface area contributed by atoms with Gasteiger partial charge in [-0.15, -0.1) is 0 Å². The molecule has 1 amide bonds. The lowest BCUT2D eigenvalue weighted by Crippen LogP contribution is -2.34. The van der Waals surface area contributed by atoms with E-state index in [-0.39, 0.29) is 18.6 Å². The number of halogens is 1. The molecule has 94 valence electrons. The number of rotatable bonds is 3. The van der Waals surface area contributed by atoms with Crippen molar-refractivity contribution >= 4 is 32.6 Å². The predicted octanol–water partition coefficient (Wildman–Crippen LogP) is 2.71. The molecule has 0 bridgehead atoms. The summed E-state index contributed by atoms with van der Waals surface area (Å²) in [6.45, 7) is 1.69. The molecule has 0 spiro atoms. The molecule has 3 nitrogen and oxygen atoms in total. The van der Waals surface area contributed by atoms with Crippen LogP contribution in [-0.4, -0.2) is 23.7 Å². The molecule has 0 aliphatic heterocycles. The van der Waals surface area contributed by atoms with E-state index in [9.17, 15) is 4.79 Å². The highest BCUT2D eigenvalue weighted by Crippen LogP contribution is 2.24. The van der Waals surface area contributed by atoms with Crippen LogP contribution in [0.5, 0.6) is 0 Å². The summed E-state index contributed by atoms with van der Waals surface area (Å²) in [6, 6.07) is 11.2. The second-order valence-electron chi connectivity index (χ2n) is 4.23. The fourth-order valence-corrected chi connectivity index (χ4v) is 2.25. The minimum atomic E-state index is -0.240. The van der Waals surface area contributed by atoms with Crippen LogP contribution in [0.4, 0.5) is 0 Å². The lowest BCUT2D eigenvalue weighted by atomic mass is 10.1. The zero-order chi connectivity index (χ0) is 13.1. The Morgan fingerprint density at radius 2 is 2.17 bits per heavy atom. The average molecular weight is 308 g/mol. The molecule has 0 saturated carbocycles. The van der Waals surface area contributed by atoms with Crippen molar-refractivity contribution in [3.05, 3.63) is 46.4 Å². The quantitative estimate of drug-likeness (QED) is 0.916. The van der Waals surface area contributed by atoms with Gasteiger partial charge in [0.2, 0.25) is 0 Å². The number of fused-ring (bicyclic) bond motifs is 1. The maximum atomic E-state index is 11.9. The summed E-state index contributed by atoms with van der Waals surface area (Å²) in [5.74, 6) is -0.168. The molecule has 0 aliphatic rings. The molecule has 2 rings (SSSR count). The first-order valence-corrected chi connectivity index (χ1v) is 6.51. The lowest BCUT2D eigenvalue weighted by molar-refractivity contribution is 0.0922. The van der Waals surface area contributed by atoms with E-state index in [4.69, 9.17) is 5.11 Å². The highest BCUT2D eigenvalue weighted by atomic mass is 79.9. The molecule has 0 aliphatic carbocycles. The van der Waals surface area contributed by atoms with Crippen LogP contribution in [0.2, 0.25) is 0 Å². The van der Waals surface area contributed by atoms with Gasteiger partial charge in [0.15, 0.2) is 0 Å². The van der Waals surface area contributed by atoms with Gasteiger partial charge in [0.1, 0.15) is 0 Å². The lowest BCUT2D eigenvalue weighted by Gasteiger charge is -2.11. The fraction of sp³-hybridized carbons (Fsp3) is 0.214. The van der Waals surface area contributed by atoms with Crippen molar-refractivity contribution in [2.24, 2.45) is 0 Å². The van der Waals surface area contributed by atoms with Crippen LogP contribution < -0.4 is 5.32 Å². The topological polar surface area (TPSA) is 49.3 Å². The fourth-order valence-electron chi connectivity index (χ4n) is 1.74. The number of hydrogen-bond donors (Lipinski definition) is 2. The van der Waals surface area contributed by atoms with E-state index in [0.717, 1.165) is 15.2 Å². The summed E-state index contributed by atoms with van der Waals surface area (Å²) in [4.78, 5) is 11.9. The van der Waals surface area contributed by atoms with Crippen molar-refractivity contribution < 1.29 is 9.90 Å². The number of aliphatic hydroxyl groups is 1. The van der Waals surface area contributed by atoms with E-state index < -0.39 is 0 Å². The van der Waals surface area contributed by atoms with Crippen LogP contribution >= 0.6 is 15.9 Å². The number of carbonyl (C=O) groups excluding carboxylic acids is 1. The molecule has 0 radical (unpaired) electrons. The number of benzene rings is 2. The van der Waals surface area contributed by atoms with E-state index in [1.54, 1.807) is 13.0 Å². The van der Waals surface area contributed by atoms with Gasteiger partial charge in [0, 0.05) is 16.1 Å². The highest BCUT2D eigenvalue weighted by Gasteiger charge is 2.09. The molecule has 0 saturated heterocycles. The molecule has 0 heterocycles. The number of carbonyl (C=O) groups is 1. The van der Waals surface area contributed by atoms with E-state index >= 15 is 0 Å². The predicted molar refractivity (Wildman–Crippen MR) is 75.7 cm³/mol. The van der Waals surface area contributed by atoms with Crippen LogP contribution in [-0.2, 0) is 0 Å². The van der Waals surface area contributed by atoms with Crippen molar-refractivity contribution in [3.8, 4) is 0 Å². The number of amides is 1. The first-order chi connectivity index (χ1) is 8.61. The summed E-state index contributed by atoms with van der Waals surface area (Å²) in [5, 5.41) is 13.7. The van der Waals surface area contributed by atoms with Crippen molar-refractivity contribution in [2.75, 3.05) is 6.61 Å². The van der Waals surface area contributed by atoms with Gasteiger partial charge < -0.3 is 10.4 Å². The molecule has 2 aromatic rings. The van der Waals surface area contributed by atoms with Crippen molar-refractivity contribution in [1.82, 2.24) is 5.32 Å². The van der Waals surface area contributed by atoms with Gasteiger partial charge in [-0.1, -0.05) is 34.1 Å². The Kier molecular flexibility index (Phi) is 3.99. The Bertz CT molecular complexity index is 583. The molecule has 0 unspecified atom stereocenters. The molecule has 1 atom stereocenters. The number of hydrogen-bond acceptors (Lipinski definition) is 2. The van der Waals surface area contributed by atoms with Gasteiger partial charge in [-0.2, -0.15) is 0 Å². The zero-order valence-corrected chi connectivity index (χ0v) is 11.6. The van der Waals surface area contributed by atoms with Gasteiger partial charge in [-0.05, 0) is 35.9 Å². The molecule has 2 N–H and O–H groups in total. The maximum absolute atomic E-state index is 11.9. The Morgan fingerprint density at radius 3 is 2.89 bits per heavy atom. The molecular weight excluding hydrogens is 294 g/mol. The normalized spacial score (nSPS) is 12.4. The van der Waals surface area contributed by atoms with Gasteiger partial charge >= 0.3 is 0 Å². The minimum Gasteiger partial charge on any atom is -0.394 e. The van der Waals surface area contributed by atoms with Crippen molar-refractivity contribution in [3.63, 3.8) is 0 Å². The second-order valence-corrected chi connectivity index (χ2v) is 5.09. The van der Waals surface area contributed by atoms with Crippen LogP contribution in [0, 0.1) is 0 Å². The first-order valence-electron chi connectivity index (χ1n) is 5.72. The first kappa shape index (κ1) is 13.1. The maximum Gasteiger partial charge on any atom is 0.251 e. The van der Waals surface area contributed by atoms with Gasteiger partial charge in [-0.25, -0.2) is 0 Å². The number of aliphatic hydroxyl groups excluding tert-OH is 1. The second kappa shape index (κ2) is 5.50. The van der Waals surface area contributed by atoms with E-state index in [1.807, 2.05) is 30.3 Å². The Morgan fingerprint density at radius 1 is 1.39 bits per heavy atom. The van der Waals surface area contributed by atoms with Gasteiger partial charge in [0.05, 0.1) is 6.61 Å². The largest absolute Gasteiger partial charge is 0.394 e. The summed E-state index contributed by atoms with van der Waals surface area (Å²) in [5.41, 5.74) is 0.598. The number of nitrogens with one attached hydrogen (secondary N) is 1. The van der Waals surface area contributed by atoms with E-state index in [2.05, 4.69) is 21.2 Å². The van der Waals surface area contributed by atoms with Gasteiger partial charge in [0.25, 0.3) is 5.91 Å². The Hall–Kier alpha value is -1.39. The minimum absolute atomic E-state index is 0.0646. The van der Waals surface area contributed by atoms with Crippen LogP contribution in [0.25, 0.3) is 10.8 Å². The standard InChI is InChI=1S/C14H14BrNO2/c1-9(8-17)16-14(18)11-5-6-12-10(7-11)3-2-4-13(12)15/h2-7,9,17H,8H2,1H3,(H,16,18)/t9-/m0/s1. The third kappa shape index (κ3) is 2.71. The average Bonchev–Trinajstić information content (AvgIpc) is 2.38. The highest BCUT2D eigenvalue weighted by molar-refractivity contribution is 9.10. The SMILES string of the molecule is C[C@@H](CO)NC(=O)c1ccc2c(Br)cccc2c1. The van der Waals surface area contributed by atoms with Crippen LogP contribution in [0.3, 0.4) is 0 Å². The van der Waals surface area contributed by atoms with Gasteiger partial charge in [-0.3, -0.25) is 4.79 Å². The van der Waals surface area contributed by atoms with Crippen molar-refractivity contribution in [1.29, 1.82) is 0 Å². The summed E-state index contributed by atoms with van der Waals surface area (Å²) < 4.78 is 1.01. The molecule has 0 fully saturated rings. The third-order valence-electron chi connectivity index (χ3n) is 2.74. The molecule has 2 aromatic carbocycles. The summed E-state index contributed by atoms with van der Waals surface area (Å²) >= 11 is 3.48. The zero-order valence-electron chi connectivity index (χ0n) is 9.98. The van der Waals surface area contributed by atoms with E-state index in [1.165, 1.54) is 0 Å². The molecule has 0 aromatic heterocycles. The molecule has 4 heteroatoms. The Balaban J connectivity index is 2.33. The smallest absolute Gasteiger partial charge is 0.251 e. The Labute approximate surface area is 114 Å².